The zero-order valence-electron chi connectivity index (χ0n) is 87.8. The van der Waals surface area contributed by atoms with Crippen LogP contribution in [0.3, 0.4) is 0 Å². The Morgan fingerprint density at radius 2 is 0.593 bits per heavy atom. The van der Waals surface area contributed by atoms with Crippen LogP contribution in [0, 0.1) is 78.6 Å². The molecule has 4 amide bonds. The summed E-state index contributed by atoms with van der Waals surface area (Å²) in [7, 11) is -7.03. The van der Waals surface area contributed by atoms with Gasteiger partial charge in [0.2, 0.25) is 46.0 Å². The summed E-state index contributed by atoms with van der Waals surface area (Å²) in [6, 6.07) is 17.7. The first-order valence-corrected chi connectivity index (χ1v) is 53.1. The molecule has 8 fully saturated rings. The molecule has 4 saturated carbocycles. The second-order valence-corrected chi connectivity index (χ2v) is 52.9. The first kappa shape index (κ1) is 121. The van der Waals surface area contributed by atoms with Gasteiger partial charge < -0.3 is 62.8 Å². The Kier molecular flexibility index (Phi) is 40.0. The topological polar surface area (TPSA) is 489 Å². The summed E-state index contributed by atoms with van der Waals surface area (Å²) in [5, 5.41) is 18.6. The van der Waals surface area contributed by atoms with E-state index in [4.69, 9.17) is 52.7 Å². The first-order valence-electron chi connectivity index (χ1n) is 47.3. The van der Waals surface area contributed by atoms with E-state index in [2.05, 4.69) is 28.3 Å². The fourth-order valence-electron chi connectivity index (χ4n) is 17.3. The van der Waals surface area contributed by atoms with Gasteiger partial charge in [-0.2, -0.15) is 5.26 Å². The summed E-state index contributed by atoms with van der Waals surface area (Å²) >= 11 is 0. The zero-order valence-corrected chi connectivity index (χ0v) is 94.2. The van der Waals surface area contributed by atoms with E-state index in [0.29, 0.717) is 153 Å². The van der Waals surface area contributed by atoms with Crippen LogP contribution in [0.5, 0.6) is 0 Å². The van der Waals surface area contributed by atoms with Crippen LogP contribution in [0.2, 0.25) is 0 Å². The molecule has 774 valence electrons. The molecule has 4 aliphatic heterocycles. The molecule has 12 rings (SSSR count). The van der Waals surface area contributed by atoms with Crippen LogP contribution in [-0.4, -0.2) is 238 Å². The van der Waals surface area contributed by atoms with Crippen molar-refractivity contribution < 1.29 is 152 Å². The molecule has 8 aliphatic rings. The predicted octanol–water partition coefficient (Wildman–Crippen LogP) is 11.9. The maximum atomic E-state index is 13.6. The van der Waals surface area contributed by atoms with Crippen molar-refractivity contribution in [1.29, 1.82) is 10.5 Å². The minimum atomic E-state index is -3.58. The number of Topliss-reactive ketones (excluding diaryl/α,β-unsaturated/α-hetero) is 2. The average molecular weight is 2060 g/mol. The van der Waals surface area contributed by atoms with Gasteiger partial charge in [0.25, 0.3) is 0 Å². The molecule has 0 radical (unpaired) electrons. The molecule has 40 heteroatoms. The minimum Gasteiger partial charge on any atom is -0.512 e. The van der Waals surface area contributed by atoms with Gasteiger partial charge in [0.05, 0.1) is 30.6 Å². The molecule has 35 nitrogen and oxygen atoms in total. The predicted molar refractivity (Wildman–Crippen MR) is 536 cm³/mol. The molecule has 4 heterocycles. The van der Waals surface area contributed by atoms with Crippen molar-refractivity contribution in [2.24, 2.45) is 17.2 Å². The Bertz CT molecular complexity index is 5640. The van der Waals surface area contributed by atoms with Crippen LogP contribution in [0.4, 0.5) is 46.7 Å². The van der Waals surface area contributed by atoms with Gasteiger partial charge in [-0.25, -0.2) is 74.9 Å². The number of sulfonamides is 4. The van der Waals surface area contributed by atoms with Crippen LogP contribution >= 0.6 is 0 Å². The molecule has 0 spiro atoms. The molecule has 0 bridgehead atoms. The number of hydrogen-bond acceptors (Lipinski definition) is 27. The van der Waals surface area contributed by atoms with E-state index in [9.17, 15) is 77.3 Å². The molecular formula is C100H152KN13O22S4. The number of carbonyl (C=O) groups excluding carboxylic acids is 8. The third-order valence-electron chi connectivity index (χ3n) is 26.4. The van der Waals surface area contributed by atoms with Gasteiger partial charge in [0.1, 0.15) is 45.1 Å². The number of anilines is 4. The summed E-state index contributed by atoms with van der Waals surface area (Å²) in [6.45, 7) is 49.2. The normalized spacial score (nSPS) is 18.7. The van der Waals surface area contributed by atoms with E-state index in [0.717, 1.165) is 78.1 Å². The third-order valence-corrected chi connectivity index (χ3v) is 37.2. The van der Waals surface area contributed by atoms with Gasteiger partial charge in [0.15, 0.2) is 0 Å². The van der Waals surface area contributed by atoms with Crippen molar-refractivity contribution >= 4 is 111 Å². The third kappa shape index (κ3) is 31.1. The number of aryl methyl sites for hydroxylation is 8. The van der Waals surface area contributed by atoms with Crippen molar-refractivity contribution in [1.82, 2.24) is 17.2 Å². The van der Waals surface area contributed by atoms with E-state index in [1.165, 1.54) is 27.6 Å². The molecule has 0 unspecified atom stereocenters. The van der Waals surface area contributed by atoms with Gasteiger partial charge in [0, 0.05) is 129 Å². The molecule has 4 saturated heterocycles. The van der Waals surface area contributed by atoms with Crippen LogP contribution < -0.4 is 88.6 Å². The van der Waals surface area contributed by atoms with Gasteiger partial charge >= 0.3 is 82.0 Å². The quantitative estimate of drug-likeness (QED) is 0.0198. The van der Waals surface area contributed by atoms with Crippen molar-refractivity contribution in [2.75, 3.05) is 101 Å². The van der Waals surface area contributed by atoms with Crippen LogP contribution in [0.15, 0.2) is 48.5 Å². The Morgan fingerprint density at radius 1 is 0.386 bits per heavy atom. The first-order chi connectivity index (χ1) is 63.7. The second kappa shape index (κ2) is 46.3. The molecule has 7 N–H and O–H groups in total. The van der Waals surface area contributed by atoms with E-state index in [-0.39, 0.29) is 102 Å². The maximum Gasteiger partial charge on any atom is 1.00 e. The van der Waals surface area contributed by atoms with E-state index >= 15 is 0 Å². The Labute approximate surface area is 874 Å². The van der Waals surface area contributed by atoms with E-state index in [1.807, 2.05) is 161 Å². The molecule has 140 heavy (non-hydrogen) atoms. The summed E-state index contributed by atoms with van der Waals surface area (Å²) in [4.78, 5) is 98.4. The number of nitriles is 1. The van der Waals surface area contributed by atoms with Crippen molar-refractivity contribution in [3.05, 3.63) is 122 Å². The summed E-state index contributed by atoms with van der Waals surface area (Å²) in [5.41, 5.74) is 27.5. The molecule has 0 atom stereocenters. The fourth-order valence-corrected chi connectivity index (χ4v) is 25.9. The molecule has 0 aromatic heterocycles. The summed E-state index contributed by atoms with van der Waals surface area (Å²) in [6.07, 6.45) is 6.02. The molecule has 4 aromatic carbocycles. The molecule has 4 aliphatic carbocycles. The standard InChI is InChI=1S/C24H38N4O5S.C24H36N4O4S.C23H34N2O5S.C18H26N2O3S.C10H18O5.CN.K/c1-16-13-18(27(6)21(30)33-22(3,4)5)14-17(2)19(16)15-23(7-8-23)34(31,32)28-11-9-24(26,10-12-28)20(25)29;1-17-13-19(27(6)21(29)32-22(3,4)5)14-18(2)20(17)15-24(7-8-24)33(30,31)28-11-9-23(26,16-25)10-12-28;1-16-13-18(24(6)21(27)30-22(3,4)5)14-17(2)20(16)15-23(9-10-23)31(28,29)25-11-7-19(26)8-12-25;1-13-10-15(19-3)11-14(2)17(13)12-18(6-7-18)24(22,23)20-8-4-16(21)5-9-20;1-9(2,3)14-7(11)13-8(12)15-10(4,5)6;1-2;/h13-14H,7-12,15,26H2,1-6H3,(H2,25,29);13-14H,7-12,15,26H2,1-6H3;13-14H,7-12,15H2,1-6H3;10-11,19H,4-9,12H2,1-3H3;1-6H3;;/q;;;;;-1;+1. The molecule has 4 aromatic rings. The number of nitrogens with zero attached hydrogens (tertiary/aromatic N) is 9. The number of rotatable bonds is 21. The van der Waals surface area contributed by atoms with Crippen molar-refractivity contribution in [2.45, 2.75) is 346 Å². The number of ketones is 2. The van der Waals surface area contributed by atoms with Crippen LogP contribution in [0.1, 0.15) is 273 Å². The Hall–Kier alpha value is -7.78. The summed E-state index contributed by atoms with van der Waals surface area (Å²) in [5.74, 6) is -0.290. The van der Waals surface area contributed by atoms with E-state index in [1.54, 1.807) is 67.0 Å². The largest absolute Gasteiger partial charge is 1.00 e. The van der Waals surface area contributed by atoms with Gasteiger partial charge in [-0.3, -0.25) is 29.1 Å². The fraction of sp³-hybridized carbons (Fsp3) is 0.660. The summed E-state index contributed by atoms with van der Waals surface area (Å²) < 4.78 is 140. The number of primary amides is 1. The van der Waals surface area contributed by atoms with Crippen LogP contribution in [0.25, 0.3) is 0 Å². The van der Waals surface area contributed by atoms with E-state index < -0.39 is 135 Å². The SMILES string of the molecule is CC(C)(C)OC(=O)OC(=O)OC(C)(C)C.CNc1cc(C)c(CC2(S(=O)(=O)N3CCC(=O)CC3)CC2)c(C)c1.Cc1cc(N(C)C(=O)OC(C)(C)C)cc(C)c1CC1(S(=O)(=O)N2CCC(=O)CC2)CC1.Cc1cc(N(C)C(=O)OC(C)(C)C)cc(C)c1CC1(S(=O)(=O)N2CCC(N)(C#N)CC2)CC1.Cc1cc(N(C)C(=O)OC(C)(C)C)cc(C)c1CC1(S(=O)(=O)N2CCC(N)(C(N)=O)CC2)CC1.[C-]#N.[K+]. The van der Waals surface area contributed by atoms with Crippen molar-refractivity contribution in [3.63, 3.8) is 0 Å². The monoisotopic (exact) mass is 2050 g/mol. The number of amides is 4. The van der Waals surface area contributed by atoms with Crippen molar-refractivity contribution in [3.8, 4) is 6.07 Å². The average Bonchev–Trinajstić information content (AvgIpc) is 1.58. The number of piperidine rings is 4. The van der Waals surface area contributed by atoms with Gasteiger partial charge in [-0.1, -0.05) is 0 Å². The smallest absolute Gasteiger partial charge is 0.512 e. The second-order valence-electron chi connectivity index (χ2n) is 43.6. The number of ether oxygens (including phenoxy) is 6. The van der Waals surface area contributed by atoms with Gasteiger partial charge in [-0.15, -0.1) is 0 Å². The van der Waals surface area contributed by atoms with Crippen LogP contribution in [-0.2, 0) is 109 Å². The Balaban J connectivity index is 0.000000272. The Morgan fingerprint density at radius 3 is 0.786 bits per heavy atom. The number of nitrogens with one attached hydrogen (secondary N) is 1. The maximum absolute atomic E-state index is 13.6. The molecular weight excluding hydrogens is 1900 g/mol. The number of benzene rings is 4. The number of carbonyl (C=O) groups is 8. The zero-order chi connectivity index (χ0) is 106. The minimum absolute atomic E-state index is 0. The number of nitrogens with two attached hydrogens (primary N) is 3. The van der Waals surface area contributed by atoms with Gasteiger partial charge in [-0.05, 0) is 377 Å². The number of hydrogen-bond donors (Lipinski definition) is 4.